The van der Waals surface area contributed by atoms with E-state index in [2.05, 4.69) is 10.2 Å². The van der Waals surface area contributed by atoms with E-state index in [4.69, 9.17) is 0 Å². The van der Waals surface area contributed by atoms with Crippen LogP contribution in [0.2, 0.25) is 0 Å². The molecule has 0 spiro atoms. The number of carbonyl (C=O) groups excluding carboxylic acids is 2. The van der Waals surface area contributed by atoms with E-state index in [1.165, 1.54) is 28.9 Å². The van der Waals surface area contributed by atoms with Crippen LogP contribution in [0.15, 0.2) is 34.3 Å². The highest BCUT2D eigenvalue weighted by molar-refractivity contribution is 8.04. The number of Topliss-reactive ketones (excluding diaryl/α,β-unsaturated/α-hetero) is 1. The molecule has 0 bridgehead atoms. The van der Waals surface area contributed by atoms with Crippen molar-refractivity contribution in [3.05, 3.63) is 46.4 Å². The summed E-state index contributed by atoms with van der Waals surface area (Å²) < 4.78 is 15.0. The highest BCUT2D eigenvalue weighted by Crippen LogP contribution is 2.40. The summed E-state index contributed by atoms with van der Waals surface area (Å²) in [6.07, 6.45) is 0.522. The molecule has 8 heteroatoms. The third-order valence-electron chi connectivity index (χ3n) is 3.82. The van der Waals surface area contributed by atoms with Crippen LogP contribution >= 0.6 is 11.8 Å². The Kier molecular flexibility index (Phi) is 4.71. The van der Waals surface area contributed by atoms with Gasteiger partial charge in [-0.3, -0.25) is 9.59 Å². The first-order chi connectivity index (χ1) is 12.0. The van der Waals surface area contributed by atoms with Crippen LogP contribution in [0.4, 0.5) is 4.39 Å². The van der Waals surface area contributed by atoms with E-state index in [-0.39, 0.29) is 30.3 Å². The van der Waals surface area contributed by atoms with Crippen LogP contribution in [-0.2, 0) is 9.59 Å². The summed E-state index contributed by atoms with van der Waals surface area (Å²) in [5.74, 6) is -0.159. The normalized spacial score (nSPS) is 13.8. The molecule has 0 fully saturated rings. The zero-order valence-corrected chi connectivity index (χ0v) is 14.9. The Balaban J connectivity index is 2.29. The third kappa shape index (κ3) is 2.97. The molecule has 2 aromatic rings. The number of rotatable bonds is 4. The van der Waals surface area contributed by atoms with Crippen LogP contribution in [0.5, 0.6) is 0 Å². The van der Waals surface area contributed by atoms with Gasteiger partial charge in [0, 0.05) is 18.4 Å². The average Bonchev–Trinajstić information content (AvgIpc) is 3.00. The molecule has 1 aliphatic heterocycles. The number of halogens is 1. The number of allylic oxidation sites excluding steroid dienone is 1. The van der Waals surface area contributed by atoms with Crippen LogP contribution in [0.1, 0.15) is 38.1 Å². The quantitative estimate of drug-likeness (QED) is 0.838. The number of nitrogens with zero attached hydrogens (tertiary/aromatic N) is 4. The molecule has 1 amide bonds. The molecule has 0 atom stereocenters. The largest absolute Gasteiger partial charge is 0.294 e. The van der Waals surface area contributed by atoms with Gasteiger partial charge < -0.3 is 0 Å². The van der Waals surface area contributed by atoms with Gasteiger partial charge >= 0.3 is 0 Å². The minimum atomic E-state index is -0.384. The number of hydrogen-bond donors (Lipinski definition) is 0. The lowest BCUT2D eigenvalue weighted by Gasteiger charge is -2.32. The summed E-state index contributed by atoms with van der Waals surface area (Å²) in [4.78, 5) is 25.7. The molecule has 0 radical (unpaired) electrons. The van der Waals surface area contributed by atoms with E-state index in [9.17, 15) is 14.0 Å². The summed E-state index contributed by atoms with van der Waals surface area (Å²) >= 11 is 1.18. The molecule has 130 valence electrons. The van der Waals surface area contributed by atoms with Gasteiger partial charge in [0.25, 0.3) is 0 Å². The summed E-state index contributed by atoms with van der Waals surface area (Å²) in [5.41, 5.74) is 1.03. The van der Waals surface area contributed by atoms with Gasteiger partial charge in [0.1, 0.15) is 5.82 Å². The Morgan fingerprint density at radius 1 is 1.12 bits per heavy atom. The first-order valence-corrected chi connectivity index (χ1v) is 8.76. The Morgan fingerprint density at radius 2 is 1.80 bits per heavy atom. The summed E-state index contributed by atoms with van der Waals surface area (Å²) in [5, 5.41) is 9.98. The molecule has 1 aromatic heterocycles. The van der Waals surface area contributed by atoms with Crippen LogP contribution in [0, 0.1) is 12.7 Å². The smallest absolute Gasteiger partial charge is 0.246 e. The molecular weight excluding hydrogens is 343 g/mol. The minimum Gasteiger partial charge on any atom is -0.294 e. The van der Waals surface area contributed by atoms with E-state index >= 15 is 0 Å². The van der Waals surface area contributed by atoms with Gasteiger partial charge in [0.15, 0.2) is 11.6 Å². The number of carbonyl (C=O) groups is 2. The van der Waals surface area contributed by atoms with E-state index in [1.807, 2.05) is 0 Å². The van der Waals surface area contributed by atoms with Gasteiger partial charge in [-0.1, -0.05) is 13.8 Å². The predicted molar refractivity (Wildman–Crippen MR) is 92.7 cm³/mol. The van der Waals surface area contributed by atoms with Crippen molar-refractivity contribution in [2.75, 3.05) is 5.01 Å². The maximum absolute atomic E-state index is 13.4. The van der Waals surface area contributed by atoms with Crippen LogP contribution in [0.25, 0.3) is 5.70 Å². The number of ketones is 1. The van der Waals surface area contributed by atoms with Crippen molar-refractivity contribution in [1.82, 2.24) is 14.9 Å². The van der Waals surface area contributed by atoms with Gasteiger partial charge in [0.05, 0.1) is 10.6 Å². The molecule has 0 unspecified atom stereocenters. The molecule has 0 N–H and O–H groups in total. The molecule has 25 heavy (non-hydrogen) atoms. The zero-order chi connectivity index (χ0) is 18.1. The van der Waals surface area contributed by atoms with Crippen LogP contribution < -0.4 is 5.01 Å². The number of hydrogen-bond acceptors (Lipinski definition) is 5. The SMILES string of the molecule is CCC(=O)C1=C(c2ccc(F)cc2)N(C(=O)CC)n2c(C)nnc2S1. The third-order valence-corrected chi connectivity index (χ3v) is 4.88. The molecule has 2 heterocycles. The Hall–Kier alpha value is -2.48. The highest BCUT2D eigenvalue weighted by atomic mass is 32.2. The monoisotopic (exact) mass is 360 g/mol. The fourth-order valence-corrected chi connectivity index (χ4v) is 3.69. The van der Waals surface area contributed by atoms with Crippen molar-refractivity contribution in [2.45, 2.75) is 38.8 Å². The minimum absolute atomic E-state index is 0.106. The number of amides is 1. The van der Waals surface area contributed by atoms with Crippen molar-refractivity contribution in [3.8, 4) is 0 Å². The Bertz CT molecular complexity index is 873. The van der Waals surface area contributed by atoms with Crippen LogP contribution in [-0.4, -0.2) is 26.6 Å². The number of thioether (sulfide) groups is 1. The van der Waals surface area contributed by atoms with Gasteiger partial charge in [-0.05, 0) is 43.0 Å². The molecule has 0 aliphatic carbocycles. The Labute approximate surface area is 148 Å². The molecule has 1 aromatic carbocycles. The molecule has 3 rings (SSSR count). The summed E-state index contributed by atoms with van der Waals surface area (Å²) in [6.45, 7) is 5.24. The Morgan fingerprint density at radius 3 is 2.40 bits per heavy atom. The van der Waals surface area contributed by atoms with Crippen molar-refractivity contribution in [2.24, 2.45) is 0 Å². The number of aromatic nitrogens is 3. The van der Waals surface area contributed by atoms with E-state index in [1.54, 1.807) is 37.6 Å². The van der Waals surface area contributed by atoms with Crippen molar-refractivity contribution >= 4 is 29.1 Å². The topological polar surface area (TPSA) is 68.1 Å². The zero-order valence-electron chi connectivity index (χ0n) is 14.1. The van der Waals surface area contributed by atoms with Crippen LogP contribution in [0.3, 0.4) is 0 Å². The maximum Gasteiger partial charge on any atom is 0.246 e. The van der Waals surface area contributed by atoms with Gasteiger partial charge in [0.2, 0.25) is 11.1 Å². The second-order valence-electron chi connectivity index (χ2n) is 5.46. The summed E-state index contributed by atoms with van der Waals surface area (Å²) in [7, 11) is 0. The molecular formula is C17H17FN4O2S. The molecule has 6 nitrogen and oxygen atoms in total. The first kappa shape index (κ1) is 17.3. The van der Waals surface area contributed by atoms with Crippen molar-refractivity contribution < 1.29 is 14.0 Å². The van der Waals surface area contributed by atoms with E-state index in [0.717, 1.165) is 0 Å². The second kappa shape index (κ2) is 6.79. The second-order valence-corrected chi connectivity index (χ2v) is 6.44. The molecule has 0 saturated carbocycles. The highest BCUT2D eigenvalue weighted by Gasteiger charge is 2.35. The fraction of sp³-hybridized carbons (Fsp3) is 0.294. The lowest BCUT2D eigenvalue weighted by molar-refractivity contribution is -0.119. The average molecular weight is 360 g/mol. The van der Waals surface area contributed by atoms with Crippen molar-refractivity contribution in [3.63, 3.8) is 0 Å². The number of benzene rings is 1. The van der Waals surface area contributed by atoms with Crippen molar-refractivity contribution in [1.29, 1.82) is 0 Å². The van der Waals surface area contributed by atoms with Gasteiger partial charge in [-0.15, -0.1) is 10.2 Å². The van der Waals surface area contributed by atoms with Gasteiger partial charge in [-0.25, -0.2) is 14.1 Å². The predicted octanol–water partition coefficient (Wildman–Crippen LogP) is 3.05. The molecule has 0 saturated heterocycles. The maximum atomic E-state index is 13.4. The lowest BCUT2D eigenvalue weighted by Crippen LogP contribution is -2.42. The van der Waals surface area contributed by atoms with E-state index in [0.29, 0.717) is 27.1 Å². The summed E-state index contributed by atoms with van der Waals surface area (Å²) in [6, 6.07) is 5.75. The first-order valence-electron chi connectivity index (χ1n) is 7.94. The molecule has 1 aliphatic rings. The van der Waals surface area contributed by atoms with Gasteiger partial charge in [-0.2, -0.15) is 0 Å². The fourth-order valence-electron chi connectivity index (χ4n) is 2.56. The lowest BCUT2D eigenvalue weighted by atomic mass is 10.1. The number of aryl methyl sites for hydroxylation is 1. The standard InChI is InChI=1S/C17H17FN4O2S/c1-4-13(23)16-15(11-6-8-12(18)9-7-11)22(14(24)5-2)21-10(3)19-20-17(21)25-16/h6-9H,4-5H2,1-3H3. The van der Waals surface area contributed by atoms with E-state index < -0.39 is 0 Å². The number of fused-ring (bicyclic) bond motifs is 1.